The SMILES string of the molecule is CSc1ccc([C@H]2NC(=O)N(CC(=O)Nc3cccc(Cl)c3)C3=C2C(=O)OC3)cc1. The van der Waals surface area contributed by atoms with Gasteiger partial charge in [0.1, 0.15) is 13.2 Å². The number of benzene rings is 2. The Morgan fingerprint density at radius 3 is 2.73 bits per heavy atom. The number of halogens is 1. The molecule has 1 atom stereocenters. The maximum atomic E-state index is 12.8. The van der Waals surface area contributed by atoms with Crippen LogP contribution in [0.3, 0.4) is 0 Å². The Labute approximate surface area is 182 Å². The normalized spacial score (nSPS) is 18.1. The number of cyclic esters (lactones) is 1. The summed E-state index contributed by atoms with van der Waals surface area (Å²) >= 11 is 7.54. The summed E-state index contributed by atoms with van der Waals surface area (Å²) in [6.45, 7) is -0.308. The smallest absolute Gasteiger partial charge is 0.338 e. The number of nitrogens with zero attached hydrogens (tertiary/aromatic N) is 1. The molecule has 9 heteroatoms. The van der Waals surface area contributed by atoms with Gasteiger partial charge < -0.3 is 15.4 Å². The van der Waals surface area contributed by atoms with Crippen LogP contribution in [0, 0.1) is 0 Å². The molecule has 0 fully saturated rings. The van der Waals surface area contributed by atoms with E-state index in [4.69, 9.17) is 16.3 Å². The van der Waals surface area contributed by atoms with Gasteiger partial charge in [-0.25, -0.2) is 9.59 Å². The van der Waals surface area contributed by atoms with Gasteiger partial charge in [-0.3, -0.25) is 9.69 Å². The molecule has 2 heterocycles. The van der Waals surface area contributed by atoms with Crippen molar-refractivity contribution >= 4 is 47.0 Å². The number of rotatable bonds is 5. The second-order valence-corrected chi connectivity index (χ2v) is 8.05. The van der Waals surface area contributed by atoms with Crippen molar-refractivity contribution in [3.05, 3.63) is 70.4 Å². The first kappa shape index (κ1) is 20.3. The lowest BCUT2D eigenvalue weighted by Crippen LogP contribution is -2.49. The quantitative estimate of drug-likeness (QED) is 0.544. The summed E-state index contributed by atoms with van der Waals surface area (Å²) in [5.41, 5.74) is 2.05. The molecule has 0 aliphatic carbocycles. The summed E-state index contributed by atoms with van der Waals surface area (Å²) < 4.78 is 5.19. The van der Waals surface area contributed by atoms with Crippen LogP contribution in [0.15, 0.2) is 64.7 Å². The monoisotopic (exact) mass is 443 g/mol. The minimum absolute atomic E-state index is 0.0502. The lowest BCUT2D eigenvalue weighted by molar-refractivity contribution is -0.136. The molecule has 2 N–H and O–H groups in total. The predicted octanol–water partition coefficient (Wildman–Crippen LogP) is 3.58. The van der Waals surface area contributed by atoms with E-state index < -0.39 is 23.9 Å². The fraction of sp³-hybridized carbons (Fsp3) is 0.190. The molecule has 2 aromatic rings. The standard InChI is InChI=1S/C21H18ClN3O4S/c1-30-15-7-5-12(6-8-15)19-18-16(11-29-20(18)27)25(21(28)24-19)10-17(26)23-14-4-2-3-13(22)9-14/h2-9,19H,10-11H2,1H3,(H,23,26)(H,24,28)/t19-/m1/s1. The summed E-state index contributed by atoms with van der Waals surface area (Å²) in [5.74, 6) is -0.911. The minimum atomic E-state index is -0.620. The van der Waals surface area contributed by atoms with Crippen molar-refractivity contribution in [2.75, 3.05) is 24.7 Å². The molecule has 0 saturated carbocycles. The summed E-state index contributed by atoms with van der Waals surface area (Å²) in [6, 6.07) is 13.2. The molecular weight excluding hydrogens is 426 g/mol. The van der Waals surface area contributed by atoms with E-state index in [1.807, 2.05) is 30.5 Å². The van der Waals surface area contributed by atoms with E-state index in [0.29, 0.717) is 22.0 Å². The number of anilines is 1. The molecule has 0 unspecified atom stereocenters. The molecule has 154 valence electrons. The highest BCUT2D eigenvalue weighted by Gasteiger charge is 2.42. The van der Waals surface area contributed by atoms with Gasteiger partial charge in [0.15, 0.2) is 0 Å². The van der Waals surface area contributed by atoms with Gasteiger partial charge in [0.25, 0.3) is 0 Å². The van der Waals surface area contributed by atoms with Gasteiger partial charge in [-0.1, -0.05) is 29.8 Å². The van der Waals surface area contributed by atoms with E-state index in [1.165, 1.54) is 4.90 Å². The molecule has 4 rings (SSSR count). The Hall–Kier alpha value is -2.97. The largest absolute Gasteiger partial charge is 0.456 e. The van der Waals surface area contributed by atoms with Crippen molar-refractivity contribution in [3.8, 4) is 0 Å². The van der Waals surface area contributed by atoms with Crippen molar-refractivity contribution in [2.45, 2.75) is 10.9 Å². The minimum Gasteiger partial charge on any atom is -0.456 e. The Morgan fingerprint density at radius 1 is 1.27 bits per heavy atom. The number of hydrogen-bond donors (Lipinski definition) is 2. The van der Waals surface area contributed by atoms with Gasteiger partial charge in [-0.15, -0.1) is 11.8 Å². The first-order valence-corrected chi connectivity index (χ1v) is 10.7. The Morgan fingerprint density at radius 2 is 2.03 bits per heavy atom. The average molecular weight is 444 g/mol. The molecule has 0 spiro atoms. The second kappa shape index (κ2) is 8.41. The van der Waals surface area contributed by atoms with Gasteiger partial charge in [0.05, 0.1) is 17.3 Å². The van der Waals surface area contributed by atoms with Crippen molar-refractivity contribution in [3.63, 3.8) is 0 Å². The highest BCUT2D eigenvalue weighted by Crippen LogP contribution is 2.35. The molecule has 2 aliphatic heterocycles. The first-order valence-electron chi connectivity index (χ1n) is 9.14. The van der Waals surface area contributed by atoms with E-state index in [1.54, 1.807) is 36.0 Å². The van der Waals surface area contributed by atoms with Gasteiger partial charge >= 0.3 is 12.0 Å². The van der Waals surface area contributed by atoms with Crippen molar-refractivity contribution in [1.29, 1.82) is 0 Å². The van der Waals surface area contributed by atoms with Gasteiger partial charge in [-0.05, 0) is 42.2 Å². The Bertz CT molecular complexity index is 1050. The number of thioether (sulfide) groups is 1. The fourth-order valence-electron chi connectivity index (χ4n) is 3.44. The number of esters is 1. The van der Waals surface area contributed by atoms with Crippen LogP contribution < -0.4 is 10.6 Å². The van der Waals surface area contributed by atoms with Crippen LogP contribution in [0.4, 0.5) is 10.5 Å². The van der Waals surface area contributed by atoms with E-state index in [-0.39, 0.29) is 13.2 Å². The van der Waals surface area contributed by atoms with Crippen molar-refractivity contribution in [2.24, 2.45) is 0 Å². The highest BCUT2D eigenvalue weighted by molar-refractivity contribution is 7.98. The lowest BCUT2D eigenvalue weighted by Gasteiger charge is -2.32. The van der Waals surface area contributed by atoms with Crippen LogP contribution in [-0.4, -0.2) is 42.2 Å². The third kappa shape index (κ3) is 4.01. The zero-order valence-electron chi connectivity index (χ0n) is 16.0. The molecule has 2 aliphatic rings. The van der Waals surface area contributed by atoms with Crippen LogP contribution in [0.25, 0.3) is 0 Å². The topological polar surface area (TPSA) is 87.7 Å². The molecule has 0 radical (unpaired) electrons. The third-order valence-electron chi connectivity index (χ3n) is 4.86. The number of hydrogen-bond acceptors (Lipinski definition) is 5. The number of amides is 3. The number of nitrogens with one attached hydrogen (secondary N) is 2. The maximum Gasteiger partial charge on any atom is 0.338 e. The van der Waals surface area contributed by atoms with Gasteiger partial charge in [0, 0.05) is 15.6 Å². The number of carbonyl (C=O) groups is 3. The zero-order valence-corrected chi connectivity index (χ0v) is 17.5. The molecule has 30 heavy (non-hydrogen) atoms. The van der Waals surface area contributed by atoms with E-state index in [0.717, 1.165) is 10.5 Å². The molecular formula is C21H18ClN3O4S. The molecule has 0 saturated heterocycles. The van der Waals surface area contributed by atoms with Crippen LogP contribution >= 0.6 is 23.4 Å². The van der Waals surface area contributed by atoms with E-state index in [2.05, 4.69) is 10.6 Å². The van der Waals surface area contributed by atoms with Crippen LogP contribution in [0.5, 0.6) is 0 Å². The summed E-state index contributed by atoms with van der Waals surface area (Å²) in [4.78, 5) is 40.0. The Kier molecular flexibility index (Phi) is 5.69. The van der Waals surface area contributed by atoms with Crippen LogP contribution in [-0.2, 0) is 14.3 Å². The van der Waals surface area contributed by atoms with Crippen molar-refractivity contribution in [1.82, 2.24) is 10.2 Å². The summed E-state index contributed by atoms with van der Waals surface area (Å²) in [6.07, 6.45) is 1.97. The fourth-order valence-corrected chi connectivity index (χ4v) is 4.03. The van der Waals surface area contributed by atoms with Crippen molar-refractivity contribution < 1.29 is 19.1 Å². The summed E-state index contributed by atoms with van der Waals surface area (Å²) in [5, 5.41) is 6.01. The predicted molar refractivity (Wildman–Crippen MR) is 114 cm³/mol. The number of ether oxygens (including phenoxy) is 1. The summed E-state index contributed by atoms with van der Waals surface area (Å²) in [7, 11) is 0. The van der Waals surface area contributed by atoms with Gasteiger partial charge in [-0.2, -0.15) is 0 Å². The molecule has 7 nitrogen and oxygen atoms in total. The zero-order chi connectivity index (χ0) is 21.3. The van der Waals surface area contributed by atoms with Gasteiger partial charge in [0.2, 0.25) is 5.91 Å². The van der Waals surface area contributed by atoms with Crippen LogP contribution in [0.2, 0.25) is 5.02 Å². The highest BCUT2D eigenvalue weighted by atomic mass is 35.5. The molecule has 0 aromatic heterocycles. The first-order chi connectivity index (χ1) is 14.5. The number of carbonyl (C=O) groups excluding carboxylic acids is 3. The lowest BCUT2D eigenvalue weighted by atomic mass is 9.96. The second-order valence-electron chi connectivity index (χ2n) is 6.74. The average Bonchev–Trinajstić information content (AvgIpc) is 3.11. The maximum absolute atomic E-state index is 12.8. The molecule has 0 bridgehead atoms. The van der Waals surface area contributed by atoms with E-state index in [9.17, 15) is 14.4 Å². The molecule has 3 amide bonds. The van der Waals surface area contributed by atoms with Crippen LogP contribution in [0.1, 0.15) is 11.6 Å². The third-order valence-corrected chi connectivity index (χ3v) is 5.84. The Balaban J connectivity index is 1.58. The molecule has 2 aromatic carbocycles. The van der Waals surface area contributed by atoms with E-state index >= 15 is 0 Å². The number of urea groups is 1.